The maximum Gasteiger partial charge on any atom is 0.163 e. The molecule has 3 nitrogen and oxygen atoms in total. The van der Waals surface area contributed by atoms with Crippen LogP contribution in [0.3, 0.4) is 0 Å². The van der Waals surface area contributed by atoms with Gasteiger partial charge in [0.25, 0.3) is 0 Å². The molecule has 1 aliphatic heterocycles. The molecule has 0 bridgehead atoms. The van der Waals surface area contributed by atoms with E-state index in [0.717, 1.165) is 42.9 Å². The molecule has 1 aromatic rings. The maximum atomic E-state index is 11.5. The Bertz CT molecular complexity index is 464. The molecule has 0 atom stereocenters. The lowest BCUT2D eigenvalue weighted by Crippen LogP contribution is -2.21. The predicted molar refractivity (Wildman–Crippen MR) is 74.9 cm³/mol. The molecule has 0 amide bonds. The molecule has 1 aliphatic carbocycles. The lowest BCUT2D eigenvalue weighted by Gasteiger charge is -2.14. The van der Waals surface area contributed by atoms with Crippen molar-refractivity contribution in [2.45, 2.75) is 32.1 Å². The molecule has 3 rings (SSSR count). The average molecular weight is 259 g/mol. The molecule has 0 spiro atoms. The van der Waals surface area contributed by atoms with Crippen molar-refractivity contribution in [3.05, 3.63) is 29.3 Å². The molecule has 0 unspecified atom stereocenters. The van der Waals surface area contributed by atoms with Crippen LogP contribution in [-0.4, -0.2) is 36.9 Å². The average Bonchev–Trinajstić information content (AvgIpc) is 3.05. The van der Waals surface area contributed by atoms with Crippen molar-refractivity contribution in [2.75, 3.05) is 26.2 Å². The van der Waals surface area contributed by atoms with E-state index in [4.69, 9.17) is 4.74 Å². The number of hydrogen-bond acceptors (Lipinski definition) is 3. The van der Waals surface area contributed by atoms with Crippen molar-refractivity contribution in [3.8, 4) is 5.75 Å². The number of benzene rings is 1. The summed E-state index contributed by atoms with van der Waals surface area (Å²) in [7, 11) is 0. The highest BCUT2D eigenvalue weighted by atomic mass is 16.5. The Hall–Kier alpha value is -1.35. The largest absolute Gasteiger partial charge is 0.494 e. The zero-order valence-electron chi connectivity index (χ0n) is 11.4. The standard InChI is InChI=1S/C16H21NO2/c18-16-7-4-13-12-14(5-6-15(13)16)19-11-3-10-17-8-1-2-9-17/h5-6,12H,1-4,7-11H2. The smallest absolute Gasteiger partial charge is 0.163 e. The van der Waals surface area contributed by atoms with Crippen molar-refractivity contribution < 1.29 is 9.53 Å². The number of aryl methyl sites for hydroxylation is 1. The number of fused-ring (bicyclic) bond motifs is 1. The van der Waals surface area contributed by atoms with Crippen LogP contribution in [0.1, 0.15) is 41.6 Å². The van der Waals surface area contributed by atoms with E-state index in [2.05, 4.69) is 4.90 Å². The van der Waals surface area contributed by atoms with Crippen LogP contribution in [0.2, 0.25) is 0 Å². The Morgan fingerprint density at radius 2 is 2.00 bits per heavy atom. The van der Waals surface area contributed by atoms with Crippen LogP contribution in [-0.2, 0) is 6.42 Å². The molecule has 0 aromatic heterocycles. The van der Waals surface area contributed by atoms with Crippen molar-refractivity contribution in [3.63, 3.8) is 0 Å². The van der Waals surface area contributed by atoms with Gasteiger partial charge in [0.15, 0.2) is 5.78 Å². The number of nitrogens with zero attached hydrogens (tertiary/aromatic N) is 1. The molecular weight excluding hydrogens is 238 g/mol. The van der Waals surface area contributed by atoms with Gasteiger partial charge in [-0.05, 0) is 62.5 Å². The number of carbonyl (C=O) groups is 1. The van der Waals surface area contributed by atoms with Crippen molar-refractivity contribution in [1.82, 2.24) is 4.90 Å². The summed E-state index contributed by atoms with van der Waals surface area (Å²) in [6, 6.07) is 5.88. The summed E-state index contributed by atoms with van der Waals surface area (Å²) in [6.45, 7) is 4.41. The highest BCUT2D eigenvalue weighted by Crippen LogP contribution is 2.26. The third kappa shape index (κ3) is 2.98. The molecule has 3 heteroatoms. The lowest BCUT2D eigenvalue weighted by molar-refractivity contribution is 0.0994. The van der Waals surface area contributed by atoms with E-state index >= 15 is 0 Å². The highest BCUT2D eigenvalue weighted by molar-refractivity contribution is 6.00. The summed E-state index contributed by atoms with van der Waals surface area (Å²) in [5.41, 5.74) is 2.05. The Balaban J connectivity index is 1.46. The highest BCUT2D eigenvalue weighted by Gasteiger charge is 2.19. The Morgan fingerprint density at radius 1 is 1.16 bits per heavy atom. The molecule has 0 N–H and O–H groups in total. The third-order valence-electron chi connectivity index (χ3n) is 4.08. The SMILES string of the molecule is O=C1CCc2cc(OCCCN3CCCC3)ccc21. The number of Topliss-reactive ketones (excluding diaryl/α,β-unsaturated/α-hetero) is 1. The van der Waals surface area contributed by atoms with Gasteiger partial charge in [0, 0.05) is 18.5 Å². The molecule has 102 valence electrons. The first-order valence-corrected chi connectivity index (χ1v) is 7.34. The minimum absolute atomic E-state index is 0.274. The molecule has 0 saturated carbocycles. The second-order valence-corrected chi connectivity index (χ2v) is 5.49. The topological polar surface area (TPSA) is 29.5 Å². The van der Waals surface area contributed by atoms with Crippen LogP contribution < -0.4 is 4.74 Å². The third-order valence-corrected chi connectivity index (χ3v) is 4.08. The molecule has 1 aromatic carbocycles. The van der Waals surface area contributed by atoms with Gasteiger partial charge in [0.1, 0.15) is 5.75 Å². The summed E-state index contributed by atoms with van der Waals surface area (Å²) in [5.74, 6) is 1.19. The summed E-state index contributed by atoms with van der Waals surface area (Å²) in [6.07, 6.45) is 5.31. The molecule has 2 aliphatic rings. The molecule has 19 heavy (non-hydrogen) atoms. The normalized spacial score (nSPS) is 18.8. The van der Waals surface area contributed by atoms with Gasteiger partial charge in [0.2, 0.25) is 0 Å². The predicted octanol–water partition coefficient (Wildman–Crippen LogP) is 2.68. The number of ketones is 1. The monoisotopic (exact) mass is 259 g/mol. The first-order chi connectivity index (χ1) is 9.33. The molecule has 1 heterocycles. The minimum atomic E-state index is 0.274. The van der Waals surface area contributed by atoms with Gasteiger partial charge in [-0.1, -0.05) is 0 Å². The summed E-state index contributed by atoms with van der Waals surface area (Å²) < 4.78 is 5.79. The fraction of sp³-hybridized carbons (Fsp3) is 0.562. The van der Waals surface area contributed by atoms with E-state index < -0.39 is 0 Å². The van der Waals surface area contributed by atoms with E-state index in [0.29, 0.717) is 6.42 Å². The Labute approximate surface area is 114 Å². The quantitative estimate of drug-likeness (QED) is 0.761. The zero-order chi connectivity index (χ0) is 13.1. The van der Waals surface area contributed by atoms with Gasteiger partial charge in [-0.25, -0.2) is 0 Å². The number of hydrogen-bond donors (Lipinski definition) is 0. The van der Waals surface area contributed by atoms with Crippen LogP contribution in [0.25, 0.3) is 0 Å². The first-order valence-electron chi connectivity index (χ1n) is 7.34. The van der Waals surface area contributed by atoms with Crippen LogP contribution >= 0.6 is 0 Å². The van der Waals surface area contributed by atoms with Crippen molar-refractivity contribution in [1.29, 1.82) is 0 Å². The fourth-order valence-electron chi connectivity index (χ4n) is 3.01. The molecule has 1 saturated heterocycles. The maximum absolute atomic E-state index is 11.5. The van der Waals surface area contributed by atoms with Gasteiger partial charge in [0.05, 0.1) is 6.61 Å². The van der Waals surface area contributed by atoms with Crippen LogP contribution in [0, 0.1) is 0 Å². The van der Waals surface area contributed by atoms with Gasteiger partial charge < -0.3 is 9.64 Å². The zero-order valence-corrected chi connectivity index (χ0v) is 11.4. The van der Waals surface area contributed by atoms with E-state index in [1.165, 1.54) is 25.9 Å². The van der Waals surface area contributed by atoms with Gasteiger partial charge in [-0.2, -0.15) is 0 Å². The van der Waals surface area contributed by atoms with Gasteiger partial charge in [-0.3, -0.25) is 4.79 Å². The fourth-order valence-corrected chi connectivity index (χ4v) is 3.01. The van der Waals surface area contributed by atoms with E-state index in [-0.39, 0.29) is 5.78 Å². The molecular formula is C16H21NO2. The second kappa shape index (κ2) is 5.74. The Morgan fingerprint density at radius 3 is 2.84 bits per heavy atom. The van der Waals surface area contributed by atoms with Gasteiger partial charge >= 0.3 is 0 Å². The van der Waals surface area contributed by atoms with E-state index in [9.17, 15) is 4.79 Å². The number of likely N-dealkylation sites (tertiary alicyclic amines) is 1. The minimum Gasteiger partial charge on any atom is -0.494 e. The van der Waals surface area contributed by atoms with E-state index in [1.807, 2.05) is 18.2 Å². The van der Waals surface area contributed by atoms with Crippen LogP contribution in [0.5, 0.6) is 5.75 Å². The summed E-state index contributed by atoms with van der Waals surface area (Å²) in [4.78, 5) is 14.0. The summed E-state index contributed by atoms with van der Waals surface area (Å²) >= 11 is 0. The van der Waals surface area contributed by atoms with Crippen LogP contribution in [0.15, 0.2) is 18.2 Å². The van der Waals surface area contributed by atoms with Crippen molar-refractivity contribution in [2.24, 2.45) is 0 Å². The number of carbonyl (C=O) groups excluding carboxylic acids is 1. The molecule has 0 radical (unpaired) electrons. The lowest BCUT2D eigenvalue weighted by atomic mass is 10.1. The Kier molecular flexibility index (Phi) is 3.83. The second-order valence-electron chi connectivity index (χ2n) is 5.49. The van der Waals surface area contributed by atoms with Crippen molar-refractivity contribution >= 4 is 5.78 Å². The first kappa shape index (κ1) is 12.7. The van der Waals surface area contributed by atoms with Gasteiger partial charge in [-0.15, -0.1) is 0 Å². The van der Waals surface area contributed by atoms with Crippen LogP contribution in [0.4, 0.5) is 0 Å². The number of ether oxygens (including phenoxy) is 1. The summed E-state index contributed by atoms with van der Waals surface area (Å²) in [5, 5.41) is 0. The number of rotatable bonds is 5. The van der Waals surface area contributed by atoms with E-state index in [1.54, 1.807) is 0 Å². The molecule has 1 fully saturated rings.